The third-order valence-electron chi connectivity index (χ3n) is 12.1. The second-order valence-corrected chi connectivity index (χ2v) is 15.5. The van der Waals surface area contributed by atoms with Gasteiger partial charge in [-0.25, -0.2) is 0 Å². The lowest BCUT2D eigenvalue weighted by Crippen LogP contribution is -2.28. The molecule has 4 heteroatoms. The maximum absolute atomic E-state index is 6.50. The second-order valence-electron chi connectivity index (χ2n) is 15.5. The topological polar surface area (TPSA) is 45.6 Å². The Morgan fingerprint density at radius 2 is 1.41 bits per heavy atom. The van der Waals surface area contributed by atoms with Crippen LogP contribution in [0.3, 0.4) is 0 Å². The van der Waals surface area contributed by atoms with Crippen molar-refractivity contribution in [2.24, 2.45) is 4.99 Å². The Morgan fingerprint density at radius 1 is 0.685 bits per heavy atom. The number of nitrogens with zero attached hydrogens (tertiary/aromatic N) is 1. The third-order valence-corrected chi connectivity index (χ3v) is 12.1. The highest BCUT2D eigenvalue weighted by atomic mass is 16.5. The van der Waals surface area contributed by atoms with E-state index >= 15 is 0 Å². The molecule has 11 rings (SSSR count). The number of nitrogens with one attached hydrogen (secondary N) is 2. The molecule has 0 saturated carbocycles. The van der Waals surface area contributed by atoms with Gasteiger partial charge in [-0.05, 0) is 80.8 Å². The molecule has 0 saturated heterocycles. The molecule has 0 aromatic heterocycles. The zero-order valence-electron chi connectivity index (χ0n) is 30.4. The second kappa shape index (κ2) is 11.8. The van der Waals surface area contributed by atoms with E-state index in [4.69, 9.17) is 9.73 Å². The lowest BCUT2D eigenvalue weighted by atomic mass is 9.81. The Morgan fingerprint density at radius 3 is 2.30 bits per heavy atom. The molecule has 54 heavy (non-hydrogen) atoms. The zero-order chi connectivity index (χ0) is 36.0. The molecule has 6 aromatic carbocycles. The summed E-state index contributed by atoms with van der Waals surface area (Å²) < 4.78 is 6.50. The van der Waals surface area contributed by atoms with Crippen molar-refractivity contribution in [3.63, 3.8) is 0 Å². The summed E-state index contributed by atoms with van der Waals surface area (Å²) in [6.45, 7) is 4.69. The predicted molar refractivity (Wildman–Crippen MR) is 220 cm³/mol. The fraction of sp³-hybridized carbons (Fsp3) is 0.140. The van der Waals surface area contributed by atoms with E-state index in [1.165, 1.54) is 66.6 Å². The number of benzene rings is 6. The summed E-state index contributed by atoms with van der Waals surface area (Å²) in [6.07, 6.45) is 8.54. The number of aliphatic imine (C=N–C) groups is 1. The number of fused-ring (bicyclic) bond motifs is 8. The molecule has 3 heterocycles. The molecule has 0 bridgehead atoms. The molecule has 6 aromatic rings. The maximum Gasteiger partial charge on any atom is 0.145 e. The highest BCUT2D eigenvalue weighted by molar-refractivity contribution is 6.20. The van der Waals surface area contributed by atoms with Crippen LogP contribution in [0.4, 0.5) is 0 Å². The van der Waals surface area contributed by atoms with Crippen molar-refractivity contribution in [2.75, 3.05) is 0 Å². The SMILES string of the molecule is CC1(C)c2ccccc2-c2ccc(C3=CC(c4ccc(C5=C6CCC=CC6=C6Oc7ccccc7C6N5)c5ccccc45)=NC(c4ccccc4)N3)cc21. The molecule has 5 aliphatic rings. The summed E-state index contributed by atoms with van der Waals surface area (Å²) >= 11 is 0. The molecule has 0 fully saturated rings. The van der Waals surface area contributed by atoms with Crippen LogP contribution in [0.1, 0.15) is 77.8 Å². The van der Waals surface area contributed by atoms with E-state index in [0.717, 1.165) is 46.9 Å². The molecule has 2 unspecified atom stereocenters. The summed E-state index contributed by atoms with van der Waals surface area (Å²) in [4.78, 5) is 5.43. The van der Waals surface area contributed by atoms with Crippen molar-refractivity contribution in [3.8, 4) is 16.9 Å². The van der Waals surface area contributed by atoms with Gasteiger partial charge in [0.1, 0.15) is 23.7 Å². The Bertz CT molecular complexity index is 2730. The lowest BCUT2D eigenvalue weighted by molar-refractivity contribution is 0.411. The highest BCUT2D eigenvalue weighted by Gasteiger charge is 2.39. The molecule has 2 atom stereocenters. The van der Waals surface area contributed by atoms with Crippen LogP contribution in [0, 0.1) is 0 Å². The van der Waals surface area contributed by atoms with Crippen molar-refractivity contribution >= 4 is 27.9 Å². The van der Waals surface area contributed by atoms with Crippen LogP contribution in [-0.4, -0.2) is 5.71 Å². The monoisotopic (exact) mass is 697 g/mol. The molecule has 0 amide bonds. The number of hydrogen-bond donors (Lipinski definition) is 2. The van der Waals surface area contributed by atoms with E-state index in [-0.39, 0.29) is 17.6 Å². The third kappa shape index (κ3) is 4.66. The highest BCUT2D eigenvalue weighted by Crippen LogP contribution is 2.50. The van der Waals surface area contributed by atoms with Crippen LogP contribution in [0.25, 0.3) is 33.3 Å². The van der Waals surface area contributed by atoms with Gasteiger partial charge < -0.3 is 15.4 Å². The van der Waals surface area contributed by atoms with Gasteiger partial charge in [0.15, 0.2) is 0 Å². The van der Waals surface area contributed by atoms with Crippen LogP contribution < -0.4 is 15.4 Å². The number of ether oxygens (including phenoxy) is 1. The Balaban J connectivity index is 1.05. The predicted octanol–water partition coefficient (Wildman–Crippen LogP) is 11.3. The van der Waals surface area contributed by atoms with Gasteiger partial charge in [0.2, 0.25) is 0 Å². The van der Waals surface area contributed by atoms with Crippen LogP contribution in [0.2, 0.25) is 0 Å². The summed E-state index contributed by atoms with van der Waals surface area (Å²) in [5.74, 6) is 1.95. The van der Waals surface area contributed by atoms with Crippen molar-refractivity contribution in [2.45, 2.75) is 44.3 Å². The van der Waals surface area contributed by atoms with Gasteiger partial charge in [0.05, 0.1) is 5.71 Å². The first-order chi connectivity index (χ1) is 26.5. The smallest absolute Gasteiger partial charge is 0.145 e. The molecule has 2 N–H and O–H groups in total. The minimum atomic E-state index is -0.231. The molecule has 0 spiro atoms. The number of hydrogen-bond acceptors (Lipinski definition) is 4. The molecule has 260 valence electrons. The van der Waals surface area contributed by atoms with E-state index in [1.807, 2.05) is 0 Å². The van der Waals surface area contributed by atoms with Gasteiger partial charge in [-0.15, -0.1) is 0 Å². The fourth-order valence-electron chi connectivity index (χ4n) is 9.36. The summed E-state index contributed by atoms with van der Waals surface area (Å²) in [5.41, 5.74) is 16.9. The normalized spacial score (nSPS) is 20.1. The lowest BCUT2D eigenvalue weighted by Gasteiger charge is -2.31. The van der Waals surface area contributed by atoms with E-state index in [0.29, 0.717) is 0 Å². The van der Waals surface area contributed by atoms with Gasteiger partial charge in [-0.2, -0.15) is 0 Å². The first kappa shape index (κ1) is 31.2. The van der Waals surface area contributed by atoms with Gasteiger partial charge >= 0.3 is 0 Å². The standard InChI is InChI=1S/C50H39N3O/c1-50(2)41-22-12-10-18-34(41)35-25-24-31(28-42(35)50)43-29-44(52-49(51-43)30-14-4-3-5-15-30)36-26-27-38(33-17-7-6-16-32(33)36)46-37-19-8-9-20-39(37)48-47(53-46)40-21-11-13-23-45(40)54-48/h3-7,9-18,20-29,47,49,51,53H,8,19H2,1-2H3. The number of para-hydroxylation sites is 1. The van der Waals surface area contributed by atoms with Gasteiger partial charge in [-0.1, -0.05) is 147 Å². The summed E-state index contributed by atoms with van der Waals surface area (Å²) in [6, 6.07) is 48.2. The summed E-state index contributed by atoms with van der Waals surface area (Å²) in [7, 11) is 0. The minimum Gasteiger partial charge on any atom is -0.458 e. The maximum atomic E-state index is 6.50. The number of dihydropyridines is 1. The fourth-order valence-corrected chi connectivity index (χ4v) is 9.36. The number of rotatable bonds is 4. The van der Waals surface area contributed by atoms with Crippen molar-refractivity contribution < 1.29 is 4.74 Å². The number of allylic oxidation sites excluding steroid dienone is 5. The zero-order valence-corrected chi connectivity index (χ0v) is 30.4. The van der Waals surface area contributed by atoms with Crippen molar-refractivity contribution in [1.82, 2.24) is 10.6 Å². The van der Waals surface area contributed by atoms with Gasteiger partial charge in [0, 0.05) is 39.1 Å². The van der Waals surface area contributed by atoms with Gasteiger partial charge in [-0.3, -0.25) is 4.99 Å². The molecule has 0 radical (unpaired) electrons. The average molecular weight is 698 g/mol. The molecular weight excluding hydrogens is 659 g/mol. The first-order valence-corrected chi connectivity index (χ1v) is 19.1. The average Bonchev–Trinajstić information content (AvgIpc) is 3.72. The van der Waals surface area contributed by atoms with Crippen LogP contribution in [0.15, 0.2) is 174 Å². The Labute approximate surface area is 316 Å². The first-order valence-electron chi connectivity index (χ1n) is 19.1. The minimum absolute atomic E-state index is 0.0212. The van der Waals surface area contributed by atoms with Crippen LogP contribution >= 0.6 is 0 Å². The van der Waals surface area contributed by atoms with Crippen LogP contribution in [-0.2, 0) is 5.41 Å². The molecular formula is C50H39N3O. The quantitative estimate of drug-likeness (QED) is 0.193. The van der Waals surface area contributed by atoms with Crippen molar-refractivity contribution in [1.29, 1.82) is 0 Å². The Kier molecular flexibility index (Phi) is 6.82. The van der Waals surface area contributed by atoms with Crippen LogP contribution in [0.5, 0.6) is 5.75 Å². The van der Waals surface area contributed by atoms with E-state index < -0.39 is 0 Å². The van der Waals surface area contributed by atoms with Crippen molar-refractivity contribution in [3.05, 3.63) is 208 Å². The Hall–Kier alpha value is -6.39. The molecule has 3 aliphatic heterocycles. The summed E-state index contributed by atoms with van der Waals surface area (Å²) in [5, 5.41) is 10.2. The molecule has 4 nitrogen and oxygen atoms in total. The largest absolute Gasteiger partial charge is 0.458 e. The van der Waals surface area contributed by atoms with E-state index in [2.05, 4.69) is 176 Å². The van der Waals surface area contributed by atoms with E-state index in [1.54, 1.807) is 0 Å². The van der Waals surface area contributed by atoms with Gasteiger partial charge in [0.25, 0.3) is 0 Å². The van der Waals surface area contributed by atoms with E-state index in [9.17, 15) is 0 Å². The molecule has 2 aliphatic carbocycles.